The standard InChI is InChI=1S/C24H30N8/c1-16(2)14-23-26-22(13-8-17(3)25)29-32(23)15-18-9-11-19(12-10-18)20-6-4-5-7-21(20)24-27-30-31-28-24/h4-7,9-12,16-17H,8,13-15,25H2,1-3H3,(H,27,28,30,31). The molecule has 1 unspecified atom stereocenters. The van der Waals surface area contributed by atoms with Crippen LogP contribution in [0.5, 0.6) is 0 Å². The Bertz CT molecular complexity index is 1130. The molecule has 0 aliphatic carbocycles. The Morgan fingerprint density at radius 1 is 1.00 bits per heavy atom. The van der Waals surface area contributed by atoms with E-state index in [-0.39, 0.29) is 6.04 Å². The number of aromatic nitrogens is 7. The van der Waals surface area contributed by atoms with Crippen molar-refractivity contribution in [1.29, 1.82) is 0 Å². The van der Waals surface area contributed by atoms with Crippen LogP contribution in [0.4, 0.5) is 0 Å². The molecule has 0 bridgehead atoms. The summed E-state index contributed by atoms with van der Waals surface area (Å²) < 4.78 is 2.04. The van der Waals surface area contributed by atoms with E-state index in [2.05, 4.69) is 64.8 Å². The van der Waals surface area contributed by atoms with E-state index < -0.39 is 0 Å². The number of rotatable bonds is 9. The molecule has 0 spiro atoms. The molecule has 2 aromatic heterocycles. The largest absolute Gasteiger partial charge is 0.328 e. The zero-order valence-electron chi connectivity index (χ0n) is 18.9. The second kappa shape index (κ2) is 9.82. The van der Waals surface area contributed by atoms with Crippen LogP contribution in [0.25, 0.3) is 22.5 Å². The van der Waals surface area contributed by atoms with Gasteiger partial charge in [0.05, 0.1) is 6.54 Å². The topological polar surface area (TPSA) is 111 Å². The maximum atomic E-state index is 5.92. The monoisotopic (exact) mass is 430 g/mol. The van der Waals surface area contributed by atoms with Crippen LogP contribution in [0, 0.1) is 5.92 Å². The minimum absolute atomic E-state index is 0.151. The first-order valence-electron chi connectivity index (χ1n) is 11.1. The lowest BCUT2D eigenvalue weighted by Crippen LogP contribution is -2.15. The molecule has 1 atom stereocenters. The Morgan fingerprint density at radius 3 is 2.41 bits per heavy atom. The van der Waals surface area contributed by atoms with Crippen molar-refractivity contribution in [2.24, 2.45) is 11.7 Å². The smallest absolute Gasteiger partial charge is 0.205 e. The highest BCUT2D eigenvalue weighted by Crippen LogP contribution is 2.29. The Balaban J connectivity index is 1.56. The van der Waals surface area contributed by atoms with Gasteiger partial charge in [-0.05, 0) is 41.2 Å². The number of nitrogens with zero attached hydrogens (tertiary/aromatic N) is 6. The summed E-state index contributed by atoms with van der Waals surface area (Å²) in [4.78, 5) is 4.80. The zero-order valence-corrected chi connectivity index (χ0v) is 18.9. The van der Waals surface area contributed by atoms with Crippen LogP contribution in [-0.2, 0) is 19.4 Å². The van der Waals surface area contributed by atoms with E-state index in [1.165, 1.54) is 5.56 Å². The Labute approximate surface area is 188 Å². The third-order valence-electron chi connectivity index (χ3n) is 5.32. The normalized spacial score (nSPS) is 12.4. The molecular weight excluding hydrogens is 400 g/mol. The number of hydrogen-bond donors (Lipinski definition) is 2. The summed E-state index contributed by atoms with van der Waals surface area (Å²) in [7, 11) is 0. The summed E-state index contributed by atoms with van der Waals surface area (Å²) >= 11 is 0. The Morgan fingerprint density at radius 2 is 1.75 bits per heavy atom. The van der Waals surface area contributed by atoms with E-state index in [0.717, 1.165) is 47.6 Å². The lowest BCUT2D eigenvalue weighted by molar-refractivity contribution is 0.561. The lowest BCUT2D eigenvalue weighted by Gasteiger charge is -2.10. The molecule has 0 aliphatic heterocycles. The van der Waals surface area contributed by atoms with Gasteiger partial charge in [0.15, 0.2) is 5.82 Å². The molecule has 4 rings (SSSR count). The number of nitrogens with two attached hydrogens (primary N) is 1. The van der Waals surface area contributed by atoms with Gasteiger partial charge in [-0.15, -0.1) is 10.2 Å². The highest BCUT2D eigenvalue weighted by atomic mass is 15.5. The van der Waals surface area contributed by atoms with E-state index in [9.17, 15) is 0 Å². The van der Waals surface area contributed by atoms with Gasteiger partial charge in [0.25, 0.3) is 0 Å². The molecule has 0 amide bonds. The van der Waals surface area contributed by atoms with Crippen molar-refractivity contribution in [3.8, 4) is 22.5 Å². The van der Waals surface area contributed by atoms with Crippen molar-refractivity contribution >= 4 is 0 Å². The van der Waals surface area contributed by atoms with E-state index in [4.69, 9.17) is 15.8 Å². The van der Waals surface area contributed by atoms with Crippen molar-refractivity contribution in [1.82, 2.24) is 35.4 Å². The number of tetrazole rings is 1. The maximum Gasteiger partial charge on any atom is 0.205 e. The summed E-state index contributed by atoms with van der Waals surface area (Å²) in [6.45, 7) is 7.12. The van der Waals surface area contributed by atoms with Gasteiger partial charge in [-0.3, -0.25) is 0 Å². The molecule has 0 radical (unpaired) electrons. The van der Waals surface area contributed by atoms with Crippen LogP contribution < -0.4 is 5.73 Å². The Hall–Kier alpha value is -3.39. The summed E-state index contributed by atoms with van der Waals surface area (Å²) in [5, 5.41) is 19.3. The first kappa shape index (κ1) is 21.8. The van der Waals surface area contributed by atoms with Crippen molar-refractivity contribution in [3.63, 3.8) is 0 Å². The maximum absolute atomic E-state index is 5.92. The van der Waals surface area contributed by atoms with E-state index in [1.807, 2.05) is 29.8 Å². The molecule has 32 heavy (non-hydrogen) atoms. The molecule has 0 saturated heterocycles. The first-order chi connectivity index (χ1) is 15.5. The quantitative estimate of drug-likeness (QED) is 0.419. The molecule has 2 heterocycles. The number of nitrogens with one attached hydrogen (secondary N) is 1. The van der Waals surface area contributed by atoms with E-state index in [0.29, 0.717) is 18.3 Å². The zero-order chi connectivity index (χ0) is 22.5. The SMILES string of the molecule is CC(C)Cc1nc(CCC(C)N)nn1Cc1ccc(-c2ccccc2-c2nn[nH]n2)cc1. The first-order valence-corrected chi connectivity index (χ1v) is 11.1. The fourth-order valence-corrected chi connectivity index (χ4v) is 3.70. The molecule has 3 N–H and O–H groups in total. The van der Waals surface area contributed by atoms with Crippen molar-refractivity contribution in [2.45, 2.75) is 52.6 Å². The van der Waals surface area contributed by atoms with Gasteiger partial charge in [0, 0.05) is 24.4 Å². The van der Waals surface area contributed by atoms with Crippen molar-refractivity contribution in [3.05, 3.63) is 65.7 Å². The second-order valence-corrected chi connectivity index (χ2v) is 8.69. The summed E-state index contributed by atoms with van der Waals surface area (Å²) in [6, 6.07) is 16.8. The van der Waals surface area contributed by atoms with Gasteiger partial charge in [-0.2, -0.15) is 10.3 Å². The van der Waals surface area contributed by atoms with Crippen LogP contribution in [0.15, 0.2) is 48.5 Å². The highest BCUT2D eigenvalue weighted by Gasteiger charge is 2.14. The highest BCUT2D eigenvalue weighted by molar-refractivity contribution is 5.80. The van der Waals surface area contributed by atoms with Gasteiger partial charge in [0.1, 0.15) is 5.82 Å². The van der Waals surface area contributed by atoms with Crippen LogP contribution >= 0.6 is 0 Å². The van der Waals surface area contributed by atoms with Gasteiger partial charge in [0.2, 0.25) is 5.82 Å². The molecule has 2 aromatic carbocycles. The van der Waals surface area contributed by atoms with Crippen molar-refractivity contribution < 1.29 is 0 Å². The molecule has 0 aliphatic rings. The predicted molar refractivity (Wildman–Crippen MR) is 125 cm³/mol. The predicted octanol–water partition coefficient (Wildman–Crippen LogP) is 3.65. The molecule has 166 valence electrons. The lowest BCUT2D eigenvalue weighted by atomic mass is 9.98. The molecule has 0 fully saturated rings. The number of hydrogen-bond acceptors (Lipinski definition) is 6. The summed E-state index contributed by atoms with van der Waals surface area (Å²) in [5.41, 5.74) is 10.2. The van der Waals surface area contributed by atoms with E-state index >= 15 is 0 Å². The average Bonchev–Trinajstić information content (AvgIpc) is 3.43. The van der Waals surface area contributed by atoms with Crippen LogP contribution in [0.3, 0.4) is 0 Å². The summed E-state index contributed by atoms with van der Waals surface area (Å²) in [6.07, 6.45) is 2.60. The molecular formula is C24H30N8. The van der Waals surface area contributed by atoms with Crippen molar-refractivity contribution in [2.75, 3.05) is 0 Å². The van der Waals surface area contributed by atoms with Crippen LogP contribution in [-0.4, -0.2) is 41.4 Å². The minimum atomic E-state index is 0.151. The second-order valence-electron chi connectivity index (χ2n) is 8.69. The van der Waals surface area contributed by atoms with Gasteiger partial charge in [-0.1, -0.05) is 62.4 Å². The Kier molecular flexibility index (Phi) is 6.70. The van der Waals surface area contributed by atoms with Gasteiger partial charge >= 0.3 is 0 Å². The van der Waals surface area contributed by atoms with E-state index in [1.54, 1.807) is 0 Å². The molecule has 8 nitrogen and oxygen atoms in total. The number of aryl methyl sites for hydroxylation is 1. The third kappa shape index (κ3) is 5.26. The van der Waals surface area contributed by atoms with Crippen LogP contribution in [0.1, 0.15) is 44.4 Å². The minimum Gasteiger partial charge on any atom is -0.328 e. The number of aromatic amines is 1. The number of H-pyrrole nitrogens is 1. The van der Waals surface area contributed by atoms with Gasteiger partial charge in [-0.25, -0.2) is 9.67 Å². The summed E-state index contributed by atoms with van der Waals surface area (Å²) in [5.74, 6) is 3.02. The third-order valence-corrected chi connectivity index (χ3v) is 5.32. The fraction of sp³-hybridized carbons (Fsp3) is 0.375. The van der Waals surface area contributed by atoms with Crippen LogP contribution in [0.2, 0.25) is 0 Å². The fourth-order valence-electron chi connectivity index (χ4n) is 3.70. The number of benzene rings is 2. The molecule has 8 heteroatoms. The average molecular weight is 431 g/mol. The molecule has 0 saturated carbocycles. The molecule has 4 aromatic rings. The van der Waals surface area contributed by atoms with Gasteiger partial charge < -0.3 is 5.73 Å².